The van der Waals surface area contributed by atoms with Crippen LogP contribution in [-0.4, -0.2) is 41.4 Å². The van der Waals surface area contributed by atoms with Crippen LogP contribution in [0.1, 0.15) is 18.9 Å². The minimum absolute atomic E-state index is 0.000762. The van der Waals surface area contributed by atoms with Gasteiger partial charge in [-0.05, 0) is 19.1 Å². The molecule has 6 nitrogen and oxygen atoms in total. The summed E-state index contributed by atoms with van der Waals surface area (Å²) in [6, 6.07) is 5.37. The number of methoxy groups -OCH3 is 1. The summed E-state index contributed by atoms with van der Waals surface area (Å²) in [6.45, 7) is 2.31. The van der Waals surface area contributed by atoms with Crippen molar-refractivity contribution in [3.05, 3.63) is 28.7 Å². The van der Waals surface area contributed by atoms with E-state index in [4.69, 9.17) is 21.7 Å². The fourth-order valence-corrected chi connectivity index (χ4v) is 3.44. The second-order valence-electron chi connectivity index (χ2n) is 4.77. The number of aliphatic carboxylic acids is 1. The van der Waals surface area contributed by atoms with Crippen LogP contribution in [0, 0.1) is 0 Å². The van der Waals surface area contributed by atoms with Gasteiger partial charge in [-0.2, -0.15) is 0 Å². The Morgan fingerprint density at radius 1 is 1.46 bits per heavy atom. The molecule has 1 aromatic rings. The molecule has 0 saturated carbocycles. The van der Waals surface area contributed by atoms with Crippen molar-refractivity contribution in [1.29, 1.82) is 0 Å². The molecule has 0 spiro atoms. The van der Waals surface area contributed by atoms with Gasteiger partial charge in [-0.3, -0.25) is 9.69 Å². The molecule has 24 heavy (non-hydrogen) atoms. The zero-order valence-electron chi connectivity index (χ0n) is 13.2. The maximum atomic E-state index is 12.4. The van der Waals surface area contributed by atoms with E-state index in [1.54, 1.807) is 31.4 Å². The highest BCUT2D eigenvalue weighted by molar-refractivity contribution is 8.26. The average molecular weight is 366 g/mol. The number of carbonyl (C=O) groups is 2. The van der Waals surface area contributed by atoms with E-state index >= 15 is 0 Å². The molecular weight excluding hydrogens is 350 g/mol. The second-order valence-corrected chi connectivity index (χ2v) is 6.44. The number of hydrogen-bond acceptors (Lipinski definition) is 7. The lowest BCUT2D eigenvalue weighted by molar-refractivity contribution is -0.305. The number of rotatable bonds is 7. The number of nitrogens with zero attached hydrogens (tertiary/aromatic N) is 1. The fourth-order valence-electron chi connectivity index (χ4n) is 2.14. The molecule has 128 valence electrons. The SMILES string of the molecule is CCOc1c(/C=C2\SC(=S)N(CCC(=O)[O-])C2=O)cccc1OC. The van der Waals surface area contributed by atoms with Gasteiger partial charge < -0.3 is 19.4 Å². The predicted molar refractivity (Wildman–Crippen MR) is 93.7 cm³/mol. The first-order chi connectivity index (χ1) is 11.5. The standard InChI is InChI=1S/C16H17NO5S2/c1-3-22-14-10(5-4-6-11(14)21-2)9-12-15(20)17(16(23)24-12)8-7-13(18)19/h4-6,9H,3,7-8H2,1-2H3,(H,18,19)/p-1/b12-9-. The number of ether oxygens (including phenoxy) is 2. The monoisotopic (exact) mass is 366 g/mol. The smallest absolute Gasteiger partial charge is 0.266 e. The van der Waals surface area contributed by atoms with Gasteiger partial charge in [0.2, 0.25) is 0 Å². The summed E-state index contributed by atoms with van der Waals surface area (Å²) in [5.74, 6) is -0.434. The molecule has 0 unspecified atom stereocenters. The van der Waals surface area contributed by atoms with Gasteiger partial charge in [0, 0.05) is 24.5 Å². The molecule has 0 radical (unpaired) electrons. The van der Waals surface area contributed by atoms with Crippen molar-refractivity contribution < 1.29 is 24.2 Å². The number of benzene rings is 1. The summed E-state index contributed by atoms with van der Waals surface area (Å²) < 4.78 is 11.2. The molecule has 0 aromatic heterocycles. The zero-order valence-corrected chi connectivity index (χ0v) is 14.9. The molecule has 2 rings (SSSR count). The fraction of sp³-hybridized carbons (Fsp3) is 0.312. The zero-order chi connectivity index (χ0) is 17.7. The van der Waals surface area contributed by atoms with Gasteiger partial charge in [0.05, 0.1) is 18.6 Å². The number of carboxylic acids is 1. The Morgan fingerprint density at radius 2 is 2.21 bits per heavy atom. The normalized spacial score (nSPS) is 15.9. The van der Waals surface area contributed by atoms with Crippen LogP contribution in [0.5, 0.6) is 11.5 Å². The number of thiocarbonyl (C=S) groups is 1. The van der Waals surface area contributed by atoms with Crippen molar-refractivity contribution >= 4 is 46.3 Å². The van der Waals surface area contributed by atoms with E-state index in [1.165, 1.54) is 4.90 Å². The highest BCUT2D eigenvalue weighted by Crippen LogP contribution is 2.37. The molecule has 0 N–H and O–H groups in total. The Kier molecular flexibility index (Phi) is 6.22. The van der Waals surface area contributed by atoms with Gasteiger partial charge in [0.1, 0.15) is 4.32 Å². The predicted octanol–water partition coefficient (Wildman–Crippen LogP) is 1.44. The summed E-state index contributed by atoms with van der Waals surface area (Å²) in [7, 11) is 1.54. The minimum atomic E-state index is -1.22. The summed E-state index contributed by atoms with van der Waals surface area (Å²) >= 11 is 6.28. The minimum Gasteiger partial charge on any atom is -0.550 e. The molecular formula is C16H16NO5S2-. The van der Waals surface area contributed by atoms with E-state index in [1.807, 2.05) is 6.92 Å². The number of carbonyl (C=O) groups excluding carboxylic acids is 2. The van der Waals surface area contributed by atoms with Crippen LogP contribution in [0.25, 0.3) is 6.08 Å². The summed E-state index contributed by atoms with van der Waals surface area (Å²) in [4.78, 5) is 24.7. The topological polar surface area (TPSA) is 78.9 Å². The van der Waals surface area contributed by atoms with E-state index in [0.29, 0.717) is 32.9 Å². The molecule has 1 fully saturated rings. The molecule has 1 saturated heterocycles. The molecule has 0 aliphatic carbocycles. The lowest BCUT2D eigenvalue weighted by Crippen LogP contribution is -2.33. The average Bonchev–Trinajstić information content (AvgIpc) is 2.81. The third-order valence-electron chi connectivity index (χ3n) is 3.22. The van der Waals surface area contributed by atoms with E-state index in [2.05, 4.69) is 0 Å². The van der Waals surface area contributed by atoms with E-state index in [-0.39, 0.29) is 18.9 Å². The molecule has 1 heterocycles. The molecule has 1 aliphatic heterocycles. The van der Waals surface area contributed by atoms with E-state index in [0.717, 1.165) is 11.8 Å². The lowest BCUT2D eigenvalue weighted by Gasteiger charge is -2.14. The first-order valence-electron chi connectivity index (χ1n) is 7.23. The maximum Gasteiger partial charge on any atom is 0.266 e. The Bertz CT molecular complexity index is 702. The van der Waals surface area contributed by atoms with Crippen LogP contribution in [0.3, 0.4) is 0 Å². The molecule has 8 heteroatoms. The number of carboxylic acid groups (broad SMARTS) is 1. The highest BCUT2D eigenvalue weighted by Gasteiger charge is 2.31. The van der Waals surface area contributed by atoms with Gasteiger partial charge >= 0.3 is 0 Å². The third kappa shape index (κ3) is 4.07. The number of para-hydroxylation sites is 1. The van der Waals surface area contributed by atoms with Crippen LogP contribution in [0.4, 0.5) is 0 Å². The van der Waals surface area contributed by atoms with Crippen molar-refractivity contribution in [3.8, 4) is 11.5 Å². The molecule has 1 aromatic carbocycles. The quantitative estimate of drug-likeness (QED) is 0.534. The molecule has 0 bridgehead atoms. The van der Waals surface area contributed by atoms with E-state index in [9.17, 15) is 14.7 Å². The first kappa shape index (κ1) is 18.3. The first-order valence-corrected chi connectivity index (χ1v) is 8.45. The Labute approximate surface area is 149 Å². The van der Waals surface area contributed by atoms with Gasteiger partial charge in [0.25, 0.3) is 5.91 Å². The summed E-state index contributed by atoms with van der Waals surface area (Å²) in [6.07, 6.45) is 1.41. The van der Waals surface area contributed by atoms with Crippen molar-refractivity contribution in [2.45, 2.75) is 13.3 Å². The van der Waals surface area contributed by atoms with Crippen molar-refractivity contribution in [2.24, 2.45) is 0 Å². The molecule has 1 aliphatic rings. The van der Waals surface area contributed by atoms with Crippen molar-refractivity contribution in [2.75, 3.05) is 20.3 Å². The van der Waals surface area contributed by atoms with Gasteiger partial charge in [-0.15, -0.1) is 0 Å². The summed E-state index contributed by atoms with van der Waals surface area (Å²) in [5.41, 5.74) is 0.691. The highest BCUT2D eigenvalue weighted by atomic mass is 32.2. The number of amides is 1. The van der Waals surface area contributed by atoms with Gasteiger partial charge in [-0.1, -0.05) is 36.1 Å². The Hall–Kier alpha value is -2.06. The van der Waals surface area contributed by atoms with Crippen molar-refractivity contribution in [1.82, 2.24) is 4.90 Å². The summed E-state index contributed by atoms with van der Waals surface area (Å²) in [5, 5.41) is 10.6. The van der Waals surface area contributed by atoms with Crippen LogP contribution in [0.15, 0.2) is 23.1 Å². The third-order valence-corrected chi connectivity index (χ3v) is 4.60. The van der Waals surface area contributed by atoms with Crippen LogP contribution >= 0.6 is 24.0 Å². The lowest BCUT2D eigenvalue weighted by atomic mass is 10.1. The Morgan fingerprint density at radius 3 is 2.83 bits per heavy atom. The van der Waals surface area contributed by atoms with Crippen LogP contribution in [-0.2, 0) is 9.59 Å². The van der Waals surface area contributed by atoms with Crippen LogP contribution in [0.2, 0.25) is 0 Å². The van der Waals surface area contributed by atoms with Gasteiger partial charge in [-0.25, -0.2) is 0 Å². The van der Waals surface area contributed by atoms with Gasteiger partial charge in [0.15, 0.2) is 11.5 Å². The molecule has 1 amide bonds. The largest absolute Gasteiger partial charge is 0.550 e. The number of thioether (sulfide) groups is 1. The maximum absolute atomic E-state index is 12.4. The van der Waals surface area contributed by atoms with Crippen LogP contribution < -0.4 is 14.6 Å². The second kappa shape index (κ2) is 8.16. The molecule has 0 atom stereocenters. The Balaban J connectivity index is 2.30. The van der Waals surface area contributed by atoms with Crippen molar-refractivity contribution in [3.63, 3.8) is 0 Å². The number of hydrogen-bond donors (Lipinski definition) is 0. The van der Waals surface area contributed by atoms with E-state index < -0.39 is 5.97 Å².